The first-order valence-electron chi connectivity index (χ1n) is 9.85. The van der Waals surface area contributed by atoms with E-state index in [-0.39, 0.29) is 18.7 Å². The average Bonchev–Trinajstić information content (AvgIpc) is 3.29. The van der Waals surface area contributed by atoms with Gasteiger partial charge in [-0.1, -0.05) is 28.1 Å². The summed E-state index contributed by atoms with van der Waals surface area (Å²) in [5.41, 5.74) is -0.730. The Labute approximate surface area is 195 Å². The van der Waals surface area contributed by atoms with E-state index in [0.717, 1.165) is 27.5 Å². The highest BCUT2D eigenvalue weighted by Crippen LogP contribution is 2.26. The maximum absolute atomic E-state index is 14.4. The van der Waals surface area contributed by atoms with Gasteiger partial charge >= 0.3 is 0 Å². The van der Waals surface area contributed by atoms with E-state index in [1.807, 2.05) is 24.3 Å². The van der Waals surface area contributed by atoms with E-state index in [2.05, 4.69) is 36.3 Å². The Morgan fingerprint density at radius 1 is 1.18 bits per heavy atom. The van der Waals surface area contributed by atoms with E-state index >= 15 is 0 Å². The maximum atomic E-state index is 14.4. The predicted octanol–water partition coefficient (Wildman–Crippen LogP) is 3.58. The predicted molar refractivity (Wildman–Crippen MR) is 122 cm³/mol. The summed E-state index contributed by atoms with van der Waals surface area (Å²) in [6, 6.07) is 12.2. The van der Waals surface area contributed by atoms with Crippen molar-refractivity contribution in [3.8, 4) is 0 Å². The Hall–Kier alpha value is -3.50. The zero-order chi connectivity index (χ0) is 23.4. The number of hydrogen-bond donors (Lipinski definition) is 2. The Morgan fingerprint density at radius 2 is 2.03 bits per heavy atom. The molecule has 0 saturated heterocycles. The molecule has 168 valence electrons. The largest absolute Gasteiger partial charge is 0.381 e. The van der Waals surface area contributed by atoms with E-state index in [0.29, 0.717) is 11.8 Å². The molecule has 0 aliphatic carbocycles. The highest BCUT2D eigenvalue weighted by Gasteiger charge is 2.34. The Bertz CT molecular complexity index is 1330. The molecule has 0 bridgehead atoms. The van der Waals surface area contributed by atoms with Gasteiger partial charge in [-0.25, -0.2) is 23.4 Å². The lowest BCUT2D eigenvalue weighted by atomic mass is 9.92. The first kappa shape index (κ1) is 22.7. The lowest BCUT2D eigenvalue weighted by Crippen LogP contribution is -2.44. The number of benzene rings is 2. The van der Waals surface area contributed by atoms with E-state index in [9.17, 15) is 18.7 Å². The van der Waals surface area contributed by atoms with Crippen LogP contribution >= 0.6 is 15.9 Å². The van der Waals surface area contributed by atoms with Gasteiger partial charge in [0, 0.05) is 27.6 Å². The molecule has 0 aliphatic heterocycles. The van der Waals surface area contributed by atoms with Crippen molar-refractivity contribution in [3.05, 3.63) is 94.6 Å². The number of amides is 1. The van der Waals surface area contributed by atoms with Crippen molar-refractivity contribution >= 4 is 38.8 Å². The van der Waals surface area contributed by atoms with Crippen LogP contribution in [-0.4, -0.2) is 37.3 Å². The second-order valence-electron chi connectivity index (χ2n) is 7.37. The molecule has 10 heteroatoms. The fourth-order valence-corrected chi connectivity index (χ4v) is 3.72. The normalized spacial score (nSPS) is 13.3. The van der Waals surface area contributed by atoms with Crippen LogP contribution < -0.4 is 5.32 Å². The van der Waals surface area contributed by atoms with Crippen LogP contribution in [0.25, 0.3) is 17.0 Å². The molecule has 2 aromatic carbocycles. The summed E-state index contributed by atoms with van der Waals surface area (Å²) in [5, 5.41) is 18.6. The van der Waals surface area contributed by atoms with E-state index in [1.54, 1.807) is 6.07 Å². The van der Waals surface area contributed by atoms with E-state index in [1.165, 1.54) is 29.5 Å². The number of nitrogens with one attached hydrogen (secondary N) is 1. The zero-order valence-corrected chi connectivity index (χ0v) is 18.7. The number of fused-ring (bicyclic) bond motifs is 1. The number of pyridine rings is 1. The monoisotopic (exact) mass is 513 g/mol. The third-order valence-corrected chi connectivity index (χ3v) is 5.45. The molecule has 1 unspecified atom stereocenters. The van der Waals surface area contributed by atoms with Crippen LogP contribution in [0.15, 0.2) is 71.7 Å². The molecule has 2 N–H and O–H groups in total. The number of carbonyl (C=O) groups excluding carboxylic acids is 1. The third kappa shape index (κ3) is 5.47. The second-order valence-corrected chi connectivity index (χ2v) is 8.29. The summed E-state index contributed by atoms with van der Waals surface area (Å²) >= 11 is 3.41. The Morgan fingerprint density at radius 3 is 2.79 bits per heavy atom. The van der Waals surface area contributed by atoms with Crippen molar-refractivity contribution < 1.29 is 18.7 Å². The molecule has 4 aromatic rings. The molecule has 0 saturated carbocycles. The molecule has 7 nitrogen and oxygen atoms in total. The van der Waals surface area contributed by atoms with Crippen molar-refractivity contribution in [2.24, 2.45) is 0 Å². The second kappa shape index (κ2) is 9.55. The van der Waals surface area contributed by atoms with Crippen LogP contribution in [-0.2, 0) is 16.9 Å². The Balaban J connectivity index is 1.50. The number of carbonyl (C=O) groups is 1. The minimum atomic E-state index is -1.90. The molecule has 2 aromatic heterocycles. The smallest absolute Gasteiger partial charge is 0.244 e. The van der Waals surface area contributed by atoms with E-state index < -0.39 is 23.1 Å². The molecular formula is C23H18BrF2N5O2. The molecule has 1 amide bonds. The first-order valence-corrected chi connectivity index (χ1v) is 10.6. The average molecular weight is 514 g/mol. The van der Waals surface area contributed by atoms with Crippen LogP contribution in [0, 0.1) is 11.6 Å². The van der Waals surface area contributed by atoms with Crippen LogP contribution in [0.3, 0.4) is 0 Å². The first-order chi connectivity index (χ1) is 15.8. The molecule has 2 heterocycles. The van der Waals surface area contributed by atoms with Gasteiger partial charge in [0.05, 0.1) is 24.3 Å². The number of rotatable bonds is 7. The minimum Gasteiger partial charge on any atom is -0.381 e. The van der Waals surface area contributed by atoms with Crippen molar-refractivity contribution in [1.29, 1.82) is 0 Å². The summed E-state index contributed by atoms with van der Waals surface area (Å²) in [5.74, 6) is -2.23. The van der Waals surface area contributed by atoms with Gasteiger partial charge < -0.3 is 10.4 Å². The minimum absolute atomic E-state index is 0.175. The lowest BCUT2D eigenvalue weighted by Gasteiger charge is -2.29. The summed E-state index contributed by atoms with van der Waals surface area (Å²) in [6.45, 7) is -0.556. The standard InChI is InChI=1S/C23H18BrF2N5O2/c24-16-2-7-21-15(9-16)1-4-18(30-21)5-8-22(32)28-11-23(33,12-31-14-27-13-29-31)19-6-3-17(25)10-20(19)26/h1-10,13-14,33H,11-12H2,(H,28,32)/b8-5+. The van der Waals surface area contributed by atoms with Gasteiger partial charge in [0.1, 0.15) is 29.9 Å². The number of aliphatic hydroxyl groups is 1. The summed E-state index contributed by atoms with van der Waals surface area (Å²) in [7, 11) is 0. The topological polar surface area (TPSA) is 92.9 Å². The van der Waals surface area contributed by atoms with Crippen LogP contribution in [0.4, 0.5) is 8.78 Å². The summed E-state index contributed by atoms with van der Waals surface area (Å²) in [4.78, 5) is 20.7. The highest BCUT2D eigenvalue weighted by molar-refractivity contribution is 9.10. The number of aromatic nitrogens is 4. The lowest BCUT2D eigenvalue weighted by molar-refractivity contribution is -0.118. The van der Waals surface area contributed by atoms with Crippen molar-refractivity contribution in [2.75, 3.05) is 6.54 Å². The van der Waals surface area contributed by atoms with Gasteiger partial charge in [0.2, 0.25) is 5.91 Å². The molecule has 0 aliphatic rings. The Kier molecular flexibility index (Phi) is 6.57. The van der Waals surface area contributed by atoms with Gasteiger partial charge in [0.15, 0.2) is 0 Å². The summed E-state index contributed by atoms with van der Waals surface area (Å²) < 4.78 is 30.0. The van der Waals surface area contributed by atoms with Crippen molar-refractivity contribution in [1.82, 2.24) is 25.1 Å². The van der Waals surface area contributed by atoms with Crippen molar-refractivity contribution in [2.45, 2.75) is 12.1 Å². The van der Waals surface area contributed by atoms with Gasteiger partial charge in [-0.15, -0.1) is 0 Å². The number of hydrogen-bond acceptors (Lipinski definition) is 5. The fraction of sp³-hybridized carbons (Fsp3) is 0.130. The fourth-order valence-electron chi connectivity index (χ4n) is 3.34. The molecule has 0 spiro atoms. The van der Waals surface area contributed by atoms with Crippen LogP contribution in [0.1, 0.15) is 11.3 Å². The SMILES string of the molecule is O=C(/C=C/c1ccc2cc(Br)ccc2n1)NCC(O)(Cn1cncn1)c1ccc(F)cc1F. The number of halogens is 3. The molecule has 33 heavy (non-hydrogen) atoms. The highest BCUT2D eigenvalue weighted by atomic mass is 79.9. The van der Waals surface area contributed by atoms with Crippen LogP contribution in [0.2, 0.25) is 0 Å². The zero-order valence-electron chi connectivity index (χ0n) is 17.1. The molecule has 0 radical (unpaired) electrons. The van der Waals surface area contributed by atoms with Gasteiger partial charge in [-0.05, 0) is 36.4 Å². The molecule has 1 atom stereocenters. The van der Waals surface area contributed by atoms with Gasteiger partial charge in [-0.2, -0.15) is 5.10 Å². The number of nitrogens with zero attached hydrogens (tertiary/aromatic N) is 4. The van der Waals surface area contributed by atoms with Crippen molar-refractivity contribution in [3.63, 3.8) is 0 Å². The molecule has 4 rings (SSSR count). The molecule has 0 fully saturated rings. The third-order valence-electron chi connectivity index (χ3n) is 4.96. The quantitative estimate of drug-likeness (QED) is 0.368. The van der Waals surface area contributed by atoms with Gasteiger partial charge in [0.25, 0.3) is 0 Å². The summed E-state index contributed by atoms with van der Waals surface area (Å²) in [6.07, 6.45) is 5.41. The van der Waals surface area contributed by atoms with Crippen LogP contribution in [0.5, 0.6) is 0 Å². The van der Waals surface area contributed by atoms with E-state index in [4.69, 9.17) is 0 Å². The van der Waals surface area contributed by atoms with Gasteiger partial charge in [-0.3, -0.25) is 4.79 Å². The molecular weight excluding hydrogens is 496 g/mol. The maximum Gasteiger partial charge on any atom is 0.244 e.